The van der Waals surface area contributed by atoms with Gasteiger partial charge in [-0.05, 0) is 57.0 Å². The van der Waals surface area contributed by atoms with Crippen LogP contribution in [0.25, 0.3) is 5.82 Å². The van der Waals surface area contributed by atoms with E-state index in [9.17, 15) is 9.59 Å². The smallest absolute Gasteiger partial charge is 0.267 e. The first-order valence-corrected chi connectivity index (χ1v) is 9.43. The quantitative estimate of drug-likeness (QED) is 0.661. The van der Waals surface area contributed by atoms with Crippen molar-refractivity contribution in [1.29, 1.82) is 0 Å². The average molecular weight is 395 g/mol. The summed E-state index contributed by atoms with van der Waals surface area (Å²) >= 11 is 0. The van der Waals surface area contributed by atoms with Gasteiger partial charge in [0.15, 0.2) is 5.82 Å². The molecule has 8 heteroatoms. The molecule has 0 aliphatic rings. The fraction of sp³-hybridized carbons (Fsp3) is 0.333. The zero-order valence-corrected chi connectivity index (χ0v) is 17.0. The second kappa shape index (κ2) is 8.72. The molecule has 1 N–H and O–H groups in total. The fourth-order valence-electron chi connectivity index (χ4n) is 3.05. The molecule has 0 saturated carbocycles. The lowest BCUT2D eigenvalue weighted by molar-refractivity contribution is -0.124. The number of nitrogens with zero attached hydrogens (tertiary/aromatic N) is 4. The standard InChI is InChI=1S/C21H25N5O3/c1-14-13-15(2)25(23-14)19-9-10-20(27)26(24-19)16(3)21(28)22-12-11-17-5-7-18(29-4)8-6-17/h5-10,13,16H,11-12H2,1-4H3,(H,22,28). The van der Waals surface area contributed by atoms with Gasteiger partial charge in [0, 0.05) is 18.3 Å². The Morgan fingerprint density at radius 3 is 2.48 bits per heavy atom. The van der Waals surface area contributed by atoms with Crippen molar-refractivity contribution in [3.05, 3.63) is 69.8 Å². The Morgan fingerprint density at radius 2 is 1.86 bits per heavy atom. The van der Waals surface area contributed by atoms with Crippen LogP contribution in [0.1, 0.15) is 29.9 Å². The first-order chi connectivity index (χ1) is 13.9. The Morgan fingerprint density at radius 1 is 1.14 bits per heavy atom. The number of amides is 1. The summed E-state index contributed by atoms with van der Waals surface area (Å²) in [6.07, 6.45) is 0.677. The lowest BCUT2D eigenvalue weighted by atomic mass is 10.1. The Labute approximate surface area is 169 Å². The number of aromatic nitrogens is 4. The van der Waals surface area contributed by atoms with Crippen molar-refractivity contribution in [2.75, 3.05) is 13.7 Å². The minimum absolute atomic E-state index is 0.265. The van der Waals surface area contributed by atoms with Gasteiger partial charge in [0.05, 0.1) is 12.8 Å². The molecular weight excluding hydrogens is 370 g/mol. The fourth-order valence-corrected chi connectivity index (χ4v) is 3.05. The van der Waals surface area contributed by atoms with E-state index in [1.54, 1.807) is 24.8 Å². The zero-order chi connectivity index (χ0) is 21.0. The second-order valence-electron chi connectivity index (χ2n) is 6.88. The third kappa shape index (κ3) is 4.71. The molecule has 3 rings (SSSR count). The SMILES string of the molecule is COc1ccc(CCNC(=O)C(C)n2nc(-n3nc(C)cc3C)ccc2=O)cc1. The highest BCUT2D eigenvalue weighted by Gasteiger charge is 2.18. The van der Waals surface area contributed by atoms with Crippen molar-refractivity contribution in [2.45, 2.75) is 33.2 Å². The van der Waals surface area contributed by atoms with Crippen LogP contribution in [0, 0.1) is 13.8 Å². The van der Waals surface area contributed by atoms with Gasteiger partial charge >= 0.3 is 0 Å². The van der Waals surface area contributed by atoms with Crippen molar-refractivity contribution in [1.82, 2.24) is 24.9 Å². The third-order valence-electron chi connectivity index (χ3n) is 4.66. The van der Waals surface area contributed by atoms with Crippen molar-refractivity contribution in [2.24, 2.45) is 0 Å². The molecule has 0 fully saturated rings. The largest absolute Gasteiger partial charge is 0.497 e. The summed E-state index contributed by atoms with van der Waals surface area (Å²) in [6.45, 7) is 5.91. The van der Waals surface area contributed by atoms with Crippen LogP contribution in [0.5, 0.6) is 5.75 Å². The van der Waals surface area contributed by atoms with Crippen molar-refractivity contribution in [3.63, 3.8) is 0 Å². The first kappa shape index (κ1) is 20.3. The van der Waals surface area contributed by atoms with Crippen LogP contribution in [0.15, 0.2) is 47.3 Å². The summed E-state index contributed by atoms with van der Waals surface area (Å²) in [4.78, 5) is 24.8. The van der Waals surface area contributed by atoms with Gasteiger partial charge in [-0.1, -0.05) is 12.1 Å². The van der Waals surface area contributed by atoms with Crippen LogP contribution in [0.3, 0.4) is 0 Å². The molecule has 0 radical (unpaired) electrons. The highest BCUT2D eigenvalue weighted by Crippen LogP contribution is 2.12. The summed E-state index contributed by atoms with van der Waals surface area (Å²) in [6, 6.07) is 11.9. The number of aryl methyl sites for hydroxylation is 2. The number of nitrogens with one attached hydrogen (secondary N) is 1. The van der Waals surface area contributed by atoms with Crippen LogP contribution >= 0.6 is 0 Å². The average Bonchev–Trinajstić information content (AvgIpc) is 3.06. The Kier molecular flexibility index (Phi) is 6.11. The number of rotatable bonds is 7. The molecule has 0 aliphatic heterocycles. The predicted octanol–water partition coefficient (Wildman–Crippen LogP) is 1.97. The van der Waals surface area contributed by atoms with Crippen LogP contribution in [0.2, 0.25) is 0 Å². The molecule has 0 aliphatic carbocycles. The zero-order valence-electron chi connectivity index (χ0n) is 17.0. The molecule has 0 spiro atoms. The van der Waals surface area contributed by atoms with E-state index in [2.05, 4.69) is 15.5 Å². The molecule has 8 nitrogen and oxygen atoms in total. The number of ether oxygens (including phenoxy) is 1. The van der Waals surface area contributed by atoms with E-state index in [-0.39, 0.29) is 11.5 Å². The van der Waals surface area contributed by atoms with Gasteiger partial charge in [-0.2, -0.15) is 5.10 Å². The molecule has 0 saturated heterocycles. The number of hydrogen-bond acceptors (Lipinski definition) is 5. The maximum absolute atomic E-state index is 12.6. The number of methoxy groups -OCH3 is 1. The topological polar surface area (TPSA) is 91.0 Å². The molecule has 29 heavy (non-hydrogen) atoms. The number of carbonyl (C=O) groups is 1. The van der Waals surface area contributed by atoms with Crippen molar-refractivity contribution >= 4 is 5.91 Å². The minimum Gasteiger partial charge on any atom is -0.497 e. The van der Waals surface area contributed by atoms with Crippen molar-refractivity contribution < 1.29 is 9.53 Å². The van der Waals surface area contributed by atoms with E-state index in [0.717, 1.165) is 22.7 Å². The maximum atomic E-state index is 12.6. The van der Waals surface area contributed by atoms with Gasteiger partial charge in [0.25, 0.3) is 5.56 Å². The van der Waals surface area contributed by atoms with E-state index in [0.29, 0.717) is 18.8 Å². The summed E-state index contributed by atoms with van der Waals surface area (Å²) in [5, 5.41) is 11.6. The van der Waals surface area contributed by atoms with Crippen LogP contribution in [-0.2, 0) is 11.2 Å². The molecule has 0 bridgehead atoms. The summed E-state index contributed by atoms with van der Waals surface area (Å²) < 4.78 is 7.98. The normalized spacial score (nSPS) is 11.9. The van der Waals surface area contributed by atoms with Gasteiger partial charge in [-0.15, -0.1) is 5.10 Å². The highest BCUT2D eigenvalue weighted by atomic mass is 16.5. The van der Waals surface area contributed by atoms with Crippen LogP contribution in [0.4, 0.5) is 0 Å². The number of hydrogen-bond donors (Lipinski definition) is 1. The van der Waals surface area contributed by atoms with E-state index in [1.807, 2.05) is 44.2 Å². The summed E-state index contributed by atoms with van der Waals surface area (Å²) in [5.41, 5.74) is 2.50. The van der Waals surface area contributed by atoms with Gasteiger partial charge in [-0.3, -0.25) is 9.59 Å². The molecule has 1 aromatic carbocycles. The minimum atomic E-state index is -0.740. The van der Waals surface area contributed by atoms with Gasteiger partial charge in [0.2, 0.25) is 5.91 Å². The van der Waals surface area contributed by atoms with Crippen LogP contribution < -0.4 is 15.6 Å². The van der Waals surface area contributed by atoms with Crippen molar-refractivity contribution in [3.8, 4) is 11.6 Å². The van der Waals surface area contributed by atoms with E-state index < -0.39 is 6.04 Å². The van der Waals surface area contributed by atoms with Gasteiger partial charge in [-0.25, -0.2) is 9.36 Å². The summed E-state index contributed by atoms with van der Waals surface area (Å²) in [7, 11) is 1.62. The Bertz CT molecular complexity index is 1050. The molecule has 2 heterocycles. The third-order valence-corrected chi connectivity index (χ3v) is 4.66. The number of benzene rings is 1. The molecule has 1 atom stereocenters. The Hall–Kier alpha value is -3.42. The molecular formula is C21H25N5O3. The first-order valence-electron chi connectivity index (χ1n) is 9.43. The molecule has 3 aromatic rings. The monoisotopic (exact) mass is 395 g/mol. The predicted molar refractivity (Wildman–Crippen MR) is 110 cm³/mol. The molecule has 2 aromatic heterocycles. The van der Waals surface area contributed by atoms with Crippen LogP contribution in [-0.4, -0.2) is 39.1 Å². The molecule has 1 unspecified atom stereocenters. The lowest BCUT2D eigenvalue weighted by Crippen LogP contribution is -2.38. The summed E-state index contributed by atoms with van der Waals surface area (Å²) in [5.74, 6) is 1.02. The Balaban J connectivity index is 1.67. The lowest BCUT2D eigenvalue weighted by Gasteiger charge is -2.15. The second-order valence-corrected chi connectivity index (χ2v) is 6.88. The number of carbonyl (C=O) groups excluding carboxylic acids is 1. The molecule has 1 amide bonds. The van der Waals surface area contributed by atoms with E-state index >= 15 is 0 Å². The van der Waals surface area contributed by atoms with E-state index in [1.165, 1.54) is 10.7 Å². The van der Waals surface area contributed by atoms with Gasteiger partial charge < -0.3 is 10.1 Å². The molecule has 152 valence electrons. The highest BCUT2D eigenvalue weighted by molar-refractivity contribution is 5.79. The van der Waals surface area contributed by atoms with Gasteiger partial charge in [0.1, 0.15) is 11.8 Å². The maximum Gasteiger partial charge on any atom is 0.267 e. The van der Waals surface area contributed by atoms with E-state index in [4.69, 9.17) is 4.74 Å².